The number of nitrogens with one attached hydrogen (secondary N) is 1. The number of ether oxygens (including phenoxy) is 1. The van der Waals surface area contributed by atoms with Crippen molar-refractivity contribution in [3.05, 3.63) is 36.4 Å². The molecule has 4 nitrogen and oxygen atoms in total. The Hall–Kier alpha value is -2.67. The van der Waals surface area contributed by atoms with Crippen LogP contribution in [0.4, 0.5) is 0 Å². The van der Waals surface area contributed by atoms with Gasteiger partial charge in [-0.3, -0.25) is 4.79 Å². The van der Waals surface area contributed by atoms with E-state index in [2.05, 4.69) is 11.2 Å². The van der Waals surface area contributed by atoms with Crippen LogP contribution in [0.2, 0.25) is 0 Å². The Balaban J connectivity index is 2.10. The second kappa shape index (κ2) is 5.78. The number of carbonyl (C=O) groups is 1. The molecule has 96 valence electrons. The summed E-state index contributed by atoms with van der Waals surface area (Å²) in [6, 6.07) is 10.9. The van der Waals surface area contributed by atoms with Crippen LogP contribution in [0.25, 0.3) is 10.8 Å². The van der Waals surface area contributed by atoms with Crippen molar-refractivity contribution in [1.82, 2.24) is 5.32 Å². The van der Waals surface area contributed by atoms with Gasteiger partial charge in [0.1, 0.15) is 0 Å². The molecule has 0 aliphatic heterocycles. The standard InChI is InChI=1S/C15H13NO3/c1-2-7-16-15(18)10-19-14-9-12-6-4-3-5-11(12)8-13(14)17/h1,3-6,8-9,17H,7,10H2,(H,16,18). The van der Waals surface area contributed by atoms with Gasteiger partial charge in [-0.25, -0.2) is 0 Å². The molecule has 0 aliphatic carbocycles. The van der Waals surface area contributed by atoms with Crippen LogP contribution in [0.1, 0.15) is 0 Å². The summed E-state index contributed by atoms with van der Waals surface area (Å²) in [5.74, 6) is 2.24. The van der Waals surface area contributed by atoms with Crippen molar-refractivity contribution in [3.63, 3.8) is 0 Å². The normalized spacial score (nSPS) is 9.84. The van der Waals surface area contributed by atoms with Crippen LogP contribution in [0.5, 0.6) is 11.5 Å². The van der Waals surface area contributed by atoms with Gasteiger partial charge >= 0.3 is 0 Å². The summed E-state index contributed by atoms with van der Waals surface area (Å²) >= 11 is 0. The van der Waals surface area contributed by atoms with E-state index in [9.17, 15) is 9.90 Å². The average molecular weight is 255 g/mol. The van der Waals surface area contributed by atoms with Gasteiger partial charge in [0.25, 0.3) is 5.91 Å². The van der Waals surface area contributed by atoms with Crippen molar-refractivity contribution >= 4 is 16.7 Å². The maximum atomic E-state index is 11.3. The summed E-state index contributed by atoms with van der Waals surface area (Å²) in [6.45, 7) is -0.0283. The summed E-state index contributed by atoms with van der Waals surface area (Å²) in [7, 11) is 0. The predicted molar refractivity (Wildman–Crippen MR) is 73.0 cm³/mol. The third-order valence-electron chi connectivity index (χ3n) is 2.57. The fourth-order valence-electron chi connectivity index (χ4n) is 1.67. The van der Waals surface area contributed by atoms with Crippen molar-refractivity contribution in [3.8, 4) is 23.8 Å². The molecule has 2 N–H and O–H groups in total. The number of fused-ring (bicyclic) bond motifs is 1. The quantitative estimate of drug-likeness (QED) is 0.817. The number of carbonyl (C=O) groups excluding carboxylic acids is 1. The summed E-state index contributed by atoms with van der Waals surface area (Å²) in [4.78, 5) is 11.3. The number of aromatic hydroxyl groups is 1. The van der Waals surface area contributed by atoms with Gasteiger partial charge in [0.05, 0.1) is 6.54 Å². The van der Waals surface area contributed by atoms with Crippen LogP contribution in [-0.4, -0.2) is 24.2 Å². The maximum Gasteiger partial charge on any atom is 0.258 e. The van der Waals surface area contributed by atoms with E-state index in [-0.39, 0.29) is 30.6 Å². The molecule has 4 heteroatoms. The third-order valence-corrected chi connectivity index (χ3v) is 2.57. The topological polar surface area (TPSA) is 58.6 Å². The Bertz CT molecular complexity index is 643. The van der Waals surface area contributed by atoms with Crippen LogP contribution in [0, 0.1) is 12.3 Å². The van der Waals surface area contributed by atoms with Crippen LogP contribution < -0.4 is 10.1 Å². The molecular weight excluding hydrogens is 242 g/mol. The van der Waals surface area contributed by atoms with E-state index in [1.165, 1.54) is 0 Å². The number of benzene rings is 2. The first-order chi connectivity index (χ1) is 9.20. The molecule has 0 fully saturated rings. The smallest absolute Gasteiger partial charge is 0.258 e. The van der Waals surface area contributed by atoms with E-state index in [0.29, 0.717) is 0 Å². The molecule has 2 aromatic rings. The molecule has 0 heterocycles. The van der Waals surface area contributed by atoms with Crippen molar-refractivity contribution in [2.75, 3.05) is 13.2 Å². The van der Waals surface area contributed by atoms with Gasteiger partial charge in [-0.05, 0) is 22.9 Å². The minimum Gasteiger partial charge on any atom is -0.504 e. The summed E-state index contributed by atoms with van der Waals surface area (Å²) < 4.78 is 5.27. The highest BCUT2D eigenvalue weighted by Gasteiger charge is 2.07. The Morgan fingerprint density at radius 2 is 2.00 bits per heavy atom. The second-order valence-electron chi connectivity index (χ2n) is 3.94. The Labute approximate surface area is 111 Å². The molecule has 2 rings (SSSR count). The second-order valence-corrected chi connectivity index (χ2v) is 3.94. The fraction of sp³-hybridized carbons (Fsp3) is 0.133. The highest BCUT2D eigenvalue weighted by atomic mass is 16.5. The van der Waals surface area contributed by atoms with Crippen LogP contribution >= 0.6 is 0 Å². The van der Waals surface area contributed by atoms with Gasteiger partial charge in [-0.2, -0.15) is 0 Å². The number of hydrogen-bond acceptors (Lipinski definition) is 3. The van der Waals surface area contributed by atoms with Crippen LogP contribution in [0.3, 0.4) is 0 Å². The van der Waals surface area contributed by atoms with E-state index >= 15 is 0 Å². The van der Waals surface area contributed by atoms with Crippen LogP contribution in [0.15, 0.2) is 36.4 Å². The molecule has 19 heavy (non-hydrogen) atoms. The lowest BCUT2D eigenvalue weighted by Crippen LogP contribution is -2.29. The number of hydrogen-bond donors (Lipinski definition) is 2. The van der Waals surface area contributed by atoms with E-state index in [1.54, 1.807) is 12.1 Å². The number of amides is 1. The lowest BCUT2D eigenvalue weighted by atomic mass is 10.1. The Kier molecular flexibility index (Phi) is 3.89. The number of rotatable bonds is 4. The van der Waals surface area contributed by atoms with Crippen molar-refractivity contribution in [2.45, 2.75) is 0 Å². The Morgan fingerprint density at radius 1 is 1.32 bits per heavy atom. The largest absolute Gasteiger partial charge is 0.504 e. The third kappa shape index (κ3) is 3.17. The van der Waals surface area contributed by atoms with Crippen molar-refractivity contribution in [1.29, 1.82) is 0 Å². The molecular formula is C15H13NO3. The molecule has 0 saturated heterocycles. The zero-order chi connectivity index (χ0) is 13.7. The van der Waals surface area contributed by atoms with Gasteiger partial charge < -0.3 is 15.2 Å². The highest BCUT2D eigenvalue weighted by molar-refractivity contribution is 5.86. The van der Waals surface area contributed by atoms with Gasteiger partial charge in [-0.1, -0.05) is 30.2 Å². The first-order valence-corrected chi connectivity index (χ1v) is 5.75. The van der Waals surface area contributed by atoms with Crippen LogP contribution in [-0.2, 0) is 4.79 Å². The van der Waals surface area contributed by atoms with Gasteiger partial charge in [-0.15, -0.1) is 6.42 Å². The zero-order valence-electron chi connectivity index (χ0n) is 10.2. The number of phenolic OH excluding ortho intramolecular Hbond substituents is 1. The van der Waals surface area contributed by atoms with E-state index in [4.69, 9.17) is 11.2 Å². The Morgan fingerprint density at radius 3 is 2.68 bits per heavy atom. The molecule has 1 amide bonds. The lowest BCUT2D eigenvalue weighted by molar-refractivity contribution is -0.122. The highest BCUT2D eigenvalue weighted by Crippen LogP contribution is 2.31. The monoisotopic (exact) mass is 255 g/mol. The molecule has 0 aromatic heterocycles. The molecule has 2 aromatic carbocycles. The number of terminal acetylenes is 1. The number of phenols is 1. The van der Waals surface area contributed by atoms with E-state index in [1.807, 2.05) is 24.3 Å². The molecule has 0 atom stereocenters. The van der Waals surface area contributed by atoms with Gasteiger partial charge in [0.2, 0.25) is 0 Å². The molecule has 0 unspecified atom stereocenters. The molecule has 0 spiro atoms. The molecule has 0 radical (unpaired) electrons. The minimum absolute atomic E-state index is 0.00319. The fourth-order valence-corrected chi connectivity index (χ4v) is 1.67. The van der Waals surface area contributed by atoms with Crippen molar-refractivity contribution < 1.29 is 14.6 Å². The lowest BCUT2D eigenvalue weighted by Gasteiger charge is -2.09. The summed E-state index contributed by atoms with van der Waals surface area (Å²) in [5.41, 5.74) is 0. The van der Waals surface area contributed by atoms with Crippen molar-refractivity contribution in [2.24, 2.45) is 0 Å². The average Bonchev–Trinajstić information content (AvgIpc) is 2.42. The summed E-state index contributed by atoms with van der Waals surface area (Å²) in [5, 5.41) is 14.1. The first kappa shape index (κ1) is 12.8. The minimum atomic E-state index is -0.328. The first-order valence-electron chi connectivity index (χ1n) is 5.75. The van der Waals surface area contributed by atoms with E-state index in [0.717, 1.165) is 10.8 Å². The zero-order valence-corrected chi connectivity index (χ0v) is 10.2. The van der Waals surface area contributed by atoms with Gasteiger partial charge in [0.15, 0.2) is 18.1 Å². The predicted octanol–water partition coefficient (Wildman–Crippen LogP) is 1.67. The van der Waals surface area contributed by atoms with E-state index < -0.39 is 0 Å². The molecule has 0 bridgehead atoms. The van der Waals surface area contributed by atoms with Gasteiger partial charge in [0, 0.05) is 0 Å². The SMILES string of the molecule is C#CCNC(=O)COc1cc2ccccc2cc1O. The summed E-state index contributed by atoms with van der Waals surface area (Å²) in [6.07, 6.45) is 5.02. The molecule has 0 aliphatic rings. The maximum absolute atomic E-state index is 11.3. The molecule has 0 saturated carbocycles.